The van der Waals surface area contributed by atoms with E-state index >= 15 is 0 Å². The Hall–Kier alpha value is -2.83. The number of rotatable bonds is 6. The van der Waals surface area contributed by atoms with Gasteiger partial charge in [-0.05, 0) is 25.8 Å². The molecule has 2 N–H and O–H groups in total. The lowest BCUT2D eigenvalue weighted by Gasteiger charge is -2.54. The van der Waals surface area contributed by atoms with Gasteiger partial charge in [0.05, 0.1) is 30.5 Å². The van der Waals surface area contributed by atoms with Gasteiger partial charge in [-0.3, -0.25) is 9.69 Å². The van der Waals surface area contributed by atoms with Crippen molar-refractivity contribution in [2.75, 3.05) is 44.8 Å². The standard InChI is InChI=1S/C25H29F4N5O3/c1-15(17-3-2-4-19(20(17)26)25(27,28)29)32-22-18-11-34(16-5-9-37-10-6-16)23(36)24(21(18)30-14-31-22)12-33(13-24)7-8-35/h2-4,14-16,35H,5-13H2,1H3,(H,30,31,32)/t15-/m1/s1. The molecule has 3 aliphatic rings. The molecule has 2 saturated heterocycles. The van der Waals surface area contributed by atoms with E-state index in [1.54, 1.807) is 6.92 Å². The fourth-order valence-corrected chi connectivity index (χ4v) is 5.70. The highest BCUT2D eigenvalue weighted by molar-refractivity contribution is 5.92. The van der Waals surface area contributed by atoms with Crippen LogP contribution in [0.5, 0.6) is 0 Å². The van der Waals surface area contributed by atoms with Gasteiger partial charge in [-0.15, -0.1) is 0 Å². The monoisotopic (exact) mass is 523 g/mol. The lowest BCUT2D eigenvalue weighted by molar-refractivity contribution is -0.152. The van der Waals surface area contributed by atoms with Crippen LogP contribution in [0.2, 0.25) is 0 Å². The van der Waals surface area contributed by atoms with E-state index in [9.17, 15) is 27.5 Å². The van der Waals surface area contributed by atoms with Crippen LogP contribution in [0.4, 0.5) is 23.4 Å². The van der Waals surface area contributed by atoms with E-state index in [-0.39, 0.29) is 30.7 Å². The lowest BCUT2D eigenvalue weighted by atomic mass is 9.71. The largest absolute Gasteiger partial charge is 0.419 e. The molecule has 8 nitrogen and oxygen atoms in total. The van der Waals surface area contributed by atoms with Crippen molar-refractivity contribution in [3.05, 3.63) is 52.7 Å². The van der Waals surface area contributed by atoms with Crippen molar-refractivity contribution < 1.29 is 32.2 Å². The molecular weight excluding hydrogens is 494 g/mol. The first-order valence-electron chi connectivity index (χ1n) is 12.3. The van der Waals surface area contributed by atoms with Crippen LogP contribution in [0.1, 0.15) is 48.2 Å². The summed E-state index contributed by atoms with van der Waals surface area (Å²) in [4.78, 5) is 26.5. The maximum atomic E-state index is 14.8. The van der Waals surface area contributed by atoms with Crippen LogP contribution in [-0.4, -0.2) is 76.3 Å². The van der Waals surface area contributed by atoms with Gasteiger partial charge in [0.25, 0.3) is 0 Å². The number of aliphatic hydroxyl groups is 1. The summed E-state index contributed by atoms with van der Waals surface area (Å²) in [6.45, 7) is 4.10. The Morgan fingerprint density at radius 3 is 2.65 bits per heavy atom. The Bertz CT molecular complexity index is 1170. The number of β-amino-alcohol motifs (C(OH)–C–C–N with tert-alkyl or cyclic N) is 1. The summed E-state index contributed by atoms with van der Waals surface area (Å²) in [5.41, 5.74) is -1.11. The van der Waals surface area contributed by atoms with E-state index in [1.165, 1.54) is 18.5 Å². The topological polar surface area (TPSA) is 90.8 Å². The minimum atomic E-state index is -4.81. The fourth-order valence-electron chi connectivity index (χ4n) is 5.70. The van der Waals surface area contributed by atoms with Gasteiger partial charge < -0.3 is 20.1 Å². The normalized spacial score (nSPS) is 21.0. The molecule has 0 radical (unpaired) electrons. The number of carbonyl (C=O) groups is 1. The predicted octanol–water partition coefficient (Wildman–Crippen LogP) is 2.87. The summed E-state index contributed by atoms with van der Waals surface area (Å²) in [6, 6.07) is 2.35. The van der Waals surface area contributed by atoms with Gasteiger partial charge in [-0.25, -0.2) is 14.4 Å². The third-order valence-electron chi connectivity index (χ3n) is 7.59. The predicted molar refractivity (Wildman–Crippen MR) is 125 cm³/mol. The van der Waals surface area contributed by atoms with Crippen LogP contribution in [-0.2, 0) is 27.7 Å². The average Bonchev–Trinajstić information content (AvgIpc) is 2.84. The molecule has 0 unspecified atom stereocenters. The number of hydrogen-bond acceptors (Lipinski definition) is 7. The highest BCUT2D eigenvalue weighted by Crippen LogP contribution is 2.44. The van der Waals surface area contributed by atoms with Crippen LogP contribution in [0.3, 0.4) is 0 Å². The van der Waals surface area contributed by atoms with E-state index in [1.807, 2.05) is 9.80 Å². The Labute approximate surface area is 211 Å². The summed E-state index contributed by atoms with van der Waals surface area (Å²) < 4.78 is 60.1. The number of carbonyl (C=O) groups excluding carboxylic acids is 1. The van der Waals surface area contributed by atoms with Gasteiger partial charge in [0.1, 0.15) is 23.4 Å². The zero-order valence-electron chi connectivity index (χ0n) is 20.4. The van der Waals surface area contributed by atoms with Gasteiger partial charge in [-0.2, -0.15) is 13.2 Å². The highest BCUT2D eigenvalue weighted by Gasteiger charge is 2.57. The highest BCUT2D eigenvalue weighted by atomic mass is 19.4. The Morgan fingerprint density at radius 1 is 1.24 bits per heavy atom. The summed E-state index contributed by atoms with van der Waals surface area (Å²) >= 11 is 0. The summed E-state index contributed by atoms with van der Waals surface area (Å²) in [5, 5.41) is 12.5. The molecule has 12 heteroatoms. The molecule has 0 aliphatic carbocycles. The van der Waals surface area contributed by atoms with Crippen LogP contribution < -0.4 is 5.32 Å². The number of fused-ring (bicyclic) bond motifs is 2. The average molecular weight is 524 g/mol. The minimum Gasteiger partial charge on any atom is -0.395 e. The number of anilines is 1. The molecule has 1 atom stereocenters. The van der Waals surface area contributed by atoms with Crippen molar-refractivity contribution in [2.24, 2.45) is 0 Å². The molecular formula is C25H29F4N5O3. The van der Waals surface area contributed by atoms with Crippen molar-refractivity contribution >= 4 is 11.7 Å². The van der Waals surface area contributed by atoms with E-state index in [4.69, 9.17) is 4.74 Å². The third kappa shape index (κ3) is 4.55. The maximum absolute atomic E-state index is 14.8. The third-order valence-corrected chi connectivity index (χ3v) is 7.59. The molecule has 2 fully saturated rings. The Balaban J connectivity index is 1.50. The maximum Gasteiger partial charge on any atom is 0.419 e. The molecule has 1 aromatic carbocycles. The SMILES string of the molecule is C[C@@H](Nc1ncnc2c1CN(C1CCOCC1)C(=O)C21CN(CCO)C1)c1cccc(C(F)(F)F)c1F. The van der Waals surface area contributed by atoms with Crippen molar-refractivity contribution in [1.82, 2.24) is 19.8 Å². The van der Waals surface area contributed by atoms with Crippen LogP contribution in [0.25, 0.3) is 0 Å². The van der Waals surface area contributed by atoms with Gasteiger partial charge in [-0.1, -0.05) is 12.1 Å². The van der Waals surface area contributed by atoms with Crippen molar-refractivity contribution in [1.29, 1.82) is 0 Å². The molecule has 2 aromatic rings. The first-order valence-corrected chi connectivity index (χ1v) is 12.3. The molecule has 0 saturated carbocycles. The number of alkyl halides is 3. The summed E-state index contributed by atoms with van der Waals surface area (Å²) in [7, 11) is 0. The van der Waals surface area contributed by atoms with E-state index in [2.05, 4.69) is 15.3 Å². The first-order chi connectivity index (χ1) is 17.7. The molecule has 5 rings (SSSR count). The van der Waals surface area contributed by atoms with Gasteiger partial charge in [0, 0.05) is 50.0 Å². The number of benzene rings is 1. The van der Waals surface area contributed by atoms with Crippen LogP contribution in [0.15, 0.2) is 24.5 Å². The molecule has 1 amide bonds. The van der Waals surface area contributed by atoms with E-state index in [0.29, 0.717) is 68.8 Å². The van der Waals surface area contributed by atoms with Crippen molar-refractivity contribution in [3.63, 3.8) is 0 Å². The Morgan fingerprint density at radius 2 is 1.97 bits per heavy atom. The second kappa shape index (κ2) is 9.80. The van der Waals surface area contributed by atoms with Crippen molar-refractivity contribution in [2.45, 2.75) is 50.0 Å². The van der Waals surface area contributed by atoms with E-state index < -0.39 is 29.0 Å². The van der Waals surface area contributed by atoms with Gasteiger partial charge in [0.15, 0.2) is 0 Å². The fraction of sp³-hybridized carbons (Fsp3) is 0.560. The zero-order valence-corrected chi connectivity index (χ0v) is 20.4. The summed E-state index contributed by atoms with van der Waals surface area (Å²) in [5.74, 6) is -0.992. The van der Waals surface area contributed by atoms with Crippen molar-refractivity contribution in [3.8, 4) is 0 Å². The number of likely N-dealkylation sites (tertiary alicyclic amines) is 1. The smallest absolute Gasteiger partial charge is 0.395 e. The second-order valence-electron chi connectivity index (χ2n) is 9.91. The van der Waals surface area contributed by atoms with Gasteiger partial charge >= 0.3 is 6.18 Å². The molecule has 37 heavy (non-hydrogen) atoms. The second-order valence-corrected chi connectivity index (χ2v) is 9.91. The van der Waals surface area contributed by atoms with E-state index in [0.717, 1.165) is 0 Å². The molecule has 1 aromatic heterocycles. The molecule has 4 heterocycles. The number of aromatic nitrogens is 2. The first kappa shape index (κ1) is 25.8. The van der Waals surface area contributed by atoms with Crippen LogP contribution >= 0.6 is 0 Å². The summed E-state index contributed by atoms with van der Waals surface area (Å²) in [6.07, 6.45) is -2.10. The molecule has 200 valence electrons. The number of nitrogens with zero attached hydrogens (tertiary/aromatic N) is 4. The number of amides is 1. The molecule has 0 bridgehead atoms. The zero-order chi connectivity index (χ0) is 26.4. The number of halogens is 4. The number of aliphatic hydroxyl groups excluding tert-OH is 1. The number of ether oxygens (including phenoxy) is 1. The molecule has 3 aliphatic heterocycles. The number of nitrogens with one attached hydrogen (secondary N) is 1. The molecule has 1 spiro atoms. The van der Waals surface area contributed by atoms with Gasteiger partial charge in [0.2, 0.25) is 5.91 Å². The lowest BCUT2D eigenvalue weighted by Crippen LogP contribution is -2.70. The Kier molecular flexibility index (Phi) is 6.84. The minimum absolute atomic E-state index is 0.0236. The quantitative estimate of drug-likeness (QED) is 0.563. The number of hydrogen-bond donors (Lipinski definition) is 2. The van der Waals surface area contributed by atoms with Crippen LogP contribution in [0, 0.1) is 5.82 Å².